The first-order chi connectivity index (χ1) is 19.4. The lowest BCUT2D eigenvalue weighted by molar-refractivity contribution is -0.318. The minimum atomic E-state index is -1.35. The van der Waals surface area contributed by atoms with Crippen molar-refractivity contribution in [3.63, 3.8) is 0 Å². The van der Waals surface area contributed by atoms with E-state index in [2.05, 4.69) is 33.8 Å². The molecule has 0 amide bonds. The molecule has 17 atom stereocenters. The molecule has 0 unspecified atom stereocenters. The Labute approximate surface area is 244 Å². The molecule has 0 aromatic heterocycles. The summed E-state index contributed by atoms with van der Waals surface area (Å²) in [6.07, 6.45) is 3.78. The summed E-state index contributed by atoms with van der Waals surface area (Å²) in [5, 5.41) is 42.3. The van der Waals surface area contributed by atoms with Crippen molar-refractivity contribution >= 4 is 0 Å². The van der Waals surface area contributed by atoms with Crippen LogP contribution >= 0.6 is 0 Å². The van der Waals surface area contributed by atoms with Crippen LogP contribution in [0.5, 0.6) is 0 Å². The van der Waals surface area contributed by atoms with Gasteiger partial charge in [-0.25, -0.2) is 0 Å². The van der Waals surface area contributed by atoms with Crippen molar-refractivity contribution < 1.29 is 39.4 Å². The molecule has 0 aromatic rings. The van der Waals surface area contributed by atoms with Gasteiger partial charge in [0.25, 0.3) is 0 Å². The zero-order chi connectivity index (χ0) is 29.1. The predicted octanol–water partition coefficient (Wildman–Crippen LogP) is 3.54. The van der Waals surface area contributed by atoms with E-state index in [9.17, 15) is 20.4 Å². The molecule has 8 nitrogen and oxygen atoms in total. The molecule has 0 radical (unpaired) electrons. The molecule has 1 spiro atoms. The molecule has 0 aromatic carbocycles. The Bertz CT molecular complexity index is 1040. The zero-order valence-corrected chi connectivity index (χ0v) is 25.4. The molecule has 7 aliphatic rings. The fraction of sp³-hybridized carbons (Fsp3) is 0.939. The number of hydrogen-bond donors (Lipinski definition) is 4. The van der Waals surface area contributed by atoms with Crippen LogP contribution in [0.4, 0.5) is 0 Å². The van der Waals surface area contributed by atoms with Crippen LogP contribution in [0.15, 0.2) is 11.6 Å². The highest BCUT2D eigenvalue weighted by molar-refractivity contribution is 5.28. The monoisotopic (exact) mass is 576 g/mol. The van der Waals surface area contributed by atoms with Gasteiger partial charge in [-0.3, -0.25) is 0 Å². The molecule has 3 heterocycles. The van der Waals surface area contributed by atoms with Gasteiger partial charge in [-0.15, -0.1) is 0 Å². The summed E-state index contributed by atoms with van der Waals surface area (Å²) in [6, 6.07) is 0. The predicted molar refractivity (Wildman–Crippen MR) is 150 cm³/mol. The average Bonchev–Trinajstić information content (AvgIpc) is 3.38. The van der Waals surface area contributed by atoms with Gasteiger partial charge in [0.1, 0.15) is 18.3 Å². The normalized spacial score (nSPS) is 60.2. The third kappa shape index (κ3) is 4.14. The summed E-state index contributed by atoms with van der Waals surface area (Å²) in [6.45, 7) is 12.0. The average molecular weight is 577 g/mol. The van der Waals surface area contributed by atoms with Gasteiger partial charge in [0.15, 0.2) is 12.1 Å². The fourth-order valence-electron chi connectivity index (χ4n) is 11.2. The van der Waals surface area contributed by atoms with Crippen LogP contribution in [0.1, 0.15) is 86.0 Å². The van der Waals surface area contributed by atoms with Crippen molar-refractivity contribution in [3.05, 3.63) is 11.6 Å². The number of ether oxygens (including phenoxy) is 4. The molecule has 6 fully saturated rings. The highest BCUT2D eigenvalue weighted by Gasteiger charge is 2.69. The molecule has 0 bridgehead atoms. The van der Waals surface area contributed by atoms with E-state index < -0.39 is 42.6 Å². The lowest BCUT2D eigenvalue weighted by atomic mass is 9.46. The van der Waals surface area contributed by atoms with Crippen LogP contribution in [0.2, 0.25) is 0 Å². The maximum absolute atomic E-state index is 10.9. The Balaban J connectivity index is 1.15. The lowest BCUT2D eigenvalue weighted by Gasteiger charge is -2.60. The van der Waals surface area contributed by atoms with Gasteiger partial charge in [0.2, 0.25) is 0 Å². The Hall–Kier alpha value is -0.580. The Morgan fingerprint density at radius 2 is 1.71 bits per heavy atom. The number of fused-ring (bicyclic) bond motifs is 7. The Morgan fingerprint density at radius 1 is 0.927 bits per heavy atom. The van der Waals surface area contributed by atoms with E-state index >= 15 is 0 Å². The van der Waals surface area contributed by atoms with E-state index in [0.717, 1.165) is 38.7 Å². The van der Waals surface area contributed by atoms with Gasteiger partial charge in [0.05, 0.1) is 31.0 Å². The smallest absolute Gasteiger partial charge is 0.186 e. The number of allylic oxidation sites excluding steroid dienone is 1. The largest absolute Gasteiger partial charge is 0.393 e. The molecule has 3 aliphatic heterocycles. The fourth-order valence-corrected chi connectivity index (χ4v) is 11.2. The van der Waals surface area contributed by atoms with Gasteiger partial charge >= 0.3 is 0 Å². The van der Waals surface area contributed by atoms with Crippen molar-refractivity contribution in [1.82, 2.24) is 0 Å². The van der Waals surface area contributed by atoms with Gasteiger partial charge < -0.3 is 39.4 Å². The van der Waals surface area contributed by atoms with Gasteiger partial charge in [-0.05, 0) is 80.5 Å². The van der Waals surface area contributed by atoms with E-state index in [-0.39, 0.29) is 23.0 Å². The third-order valence-corrected chi connectivity index (χ3v) is 13.5. The summed E-state index contributed by atoms with van der Waals surface area (Å²) in [7, 11) is 0. The Morgan fingerprint density at radius 3 is 2.44 bits per heavy atom. The van der Waals surface area contributed by atoms with Crippen molar-refractivity contribution in [1.29, 1.82) is 0 Å². The third-order valence-electron chi connectivity index (χ3n) is 13.5. The standard InChI is InChI=1S/C33H52O8/c1-16-8-11-33(38-15-16)17(2)26-24(41-33)14-23-21-7-6-19-12-20(34)13-25(32(19,5)22(21)9-10-31(23,26)4)40-30-29(37)28(36)27(35)18(3)39-30/h6,16-18,20-30,34-37H,7-15H2,1-5H3/t16-,17+,18-,20-,21-,22+,23+,24+,25-,26+,27+,28+,29-,30+,31+,32+,33-/m1/s1. The van der Waals surface area contributed by atoms with Gasteiger partial charge in [-0.2, -0.15) is 0 Å². The molecular formula is C33H52O8. The summed E-state index contributed by atoms with van der Waals surface area (Å²) in [4.78, 5) is 0. The zero-order valence-electron chi connectivity index (χ0n) is 25.4. The van der Waals surface area contributed by atoms with Crippen molar-refractivity contribution in [2.45, 2.75) is 141 Å². The molecule has 232 valence electrons. The van der Waals surface area contributed by atoms with Crippen LogP contribution < -0.4 is 0 Å². The molecular weight excluding hydrogens is 524 g/mol. The first-order valence-electron chi connectivity index (χ1n) is 16.4. The second-order valence-electron chi connectivity index (χ2n) is 15.5. The van der Waals surface area contributed by atoms with Gasteiger partial charge in [0, 0.05) is 24.2 Å². The topological polar surface area (TPSA) is 118 Å². The van der Waals surface area contributed by atoms with Crippen LogP contribution in [0.25, 0.3) is 0 Å². The highest BCUT2D eigenvalue weighted by atomic mass is 16.7. The number of aliphatic hydroxyl groups is 4. The molecule has 4 N–H and O–H groups in total. The molecule has 7 rings (SSSR count). The van der Waals surface area contributed by atoms with E-state index in [1.807, 2.05) is 0 Å². The maximum atomic E-state index is 10.9. The van der Waals surface area contributed by atoms with Crippen molar-refractivity contribution in [2.24, 2.45) is 46.3 Å². The summed E-state index contributed by atoms with van der Waals surface area (Å²) < 4.78 is 25.9. The van der Waals surface area contributed by atoms with E-state index in [0.29, 0.717) is 48.3 Å². The van der Waals surface area contributed by atoms with E-state index in [4.69, 9.17) is 18.9 Å². The molecule has 3 saturated heterocycles. The van der Waals surface area contributed by atoms with Crippen molar-refractivity contribution in [3.8, 4) is 0 Å². The summed E-state index contributed by atoms with van der Waals surface area (Å²) >= 11 is 0. The highest BCUT2D eigenvalue weighted by Crippen LogP contribution is 2.70. The molecule has 8 heteroatoms. The molecule has 41 heavy (non-hydrogen) atoms. The first-order valence-corrected chi connectivity index (χ1v) is 16.4. The second-order valence-corrected chi connectivity index (χ2v) is 15.5. The molecule has 4 aliphatic carbocycles. The minimum absolute atomic E-state index is 0.200. The summed E-state index contributed by atoms with van der Waals surface area (Å²) in [5.74, 6) is 2.51. The van der Waals surface area contributed by atoms with E-state index in [1.54, 1.807) is 6.92 Å². The number of hydrogen-bond acceptors (Lipinski definition) is 8. The second kappa shape index (κ2) is 9.96. The van der Waals surface area contributed by atoms with Gasteiger partial charge in [-0.1, -0.05) is 39.3 Å². The lowest BCUT2D eigenvalue weighted by Crippen LogP contribution is -2.61. The number of rotatable bonds is 2. The number of aliphatic hydroxyl groups excluding tert-OH is 4. The summed E-state index contributed by atoms with van der Waals surface area (Å²) in [5.41, 5.74) is 1.16. The quantitative estimate of drug-likeness (QED) is 0.369. The maximum Gasteiger partial charge on any atom is 0.186 e. The Kier molecular flexibility index (Phi) is 7.08. The van der Waals surface area contributed by atoms with Crippen LogP contribution in [0, 0.1) is 46.3 Å². The minimum Gasteiger partial charge on any atom is -0.393 e. The van der Waals surface area contributed by atoms with E-state index in [1.165, 1.54) is 12.0 Å². The van der Waals surface area contributed by atoms with Crippen LogP contribution in [-0.2, 0) is 18.9 Å². The van der Waals surface area contributed by atoms with Crippen LogP contribution in [0.3, 0.4) is 0 Å². The van der Waals surface area contributed by atoms with Crippen molar-refractivity contribution in [2.75, 3.05) is 6.61 Å². The first kappa shape index (κ1) is 29.1. The molecule has 3 saturated carbocycles. The van der Waals surface area contributed by atoms with Crippen LogP contribution in [-0.4, -0.2) is 81.8 Å². The SMILES string of the molecule is C[C@@H]1CC[C@@]2(OC1)O[C@H]1C[C@H]3[C@@H]4CC=C5C[C@@H](O)C[C@@H](O[C@@H]6O[C@H](C)[C@H](O)[C@H](O)[C@H]6O)[C@]5(C)[C@H]4CC[C@]3(C)[C@H]1[C@@H]2C.